The van der Waals surface area contributed by atoms with Crippen molar-refractivity contribution < 1.29 is 8.78 Å². The van der Waals surface area contributed by atoms with Crippen molar-refractivity contribution in [1.29, 1.82) is 0 Å². The fourth-order valence-corrected chi connectivity index (χ4v) is 1.23. The second-order valence-corrected chi connectivity index (χ2v) is 2.83. The van der Waals surface area contributed by atoms with Crippen molar-refractivity contribution in [3.05, 3.63) is 29.8 Å². The molecule has 0 saturated heterocycles. The third-order valence-corrected chi connectivity index (χ3v) is 1.90. The number of anilines is 1. The van der Waals surface area contributed by atoms with Gasteiger partial charge in [-0.3, -0.25) is 0 Å². The lowest BCUT2D eigenvalue weighted by Crippen LogP contribution is -2.11. The van der Waals surface area contributed by atoms with Gasteiger partial charge in [0, 0.05) is 11.6 Å². The van der Waals surface area contributed by atoms with E-state index in [4.69, 9.17) is 11.6 Å². The monoisotopic (exact) mass is 205 g/mol. The number of alkyl halides is 3. The summed E-state index contributed by atoms with van der Waals surface area (Å²) in [7, 11) is 0. The van der Waals surface area contributed by atoms with Crippen molar-refractivity contribution in [2.24, 2.45) is 0 Å². The van der Waals surface area contributed by atoms with E-state index in [9.17, 15) is 8.78 Å². The minimum Gasteiger partial charge on any atom is -0.379 e. The lowest BCUT2D eigenvalue weighted by Gasteiger charge is -2.08. The zero-order valence-electron chi connectivity index (χ0n) is 6.93. The van der Waals surface area contributed by atoms with Crippen LogP contribution in [0.4, 0.5) is 14.5 Å². The largest absolute Gasteiger partial charge is 0.379 e. The highest BCUT2D eigenvalue weighted by atomic mass is 35.5. The number of para-hydroxylation sites is 1. The Morgan fingerprint density at radius 2 is 2.00 bits per heavy atom. The highest BCUT2D eigenvalue weighted by Crippen LogP contribution is 2.16. The van der Waals surface area contributed by atoms with Crippen LogP contribution in [0.25, 0.3) is 0 Å². The van der Waals surface area contributed by atoms with Crippen LogP contribution in [0.2, 0.25) is 0 Å². The molecule has 0 aromatic heterocycles. The van der Waals surface area contributed by atoms with Crippen LogP contribution in [0.3, 0.4) is 0 Å². The summed E-state index contributed by atoms with van der Waals surface area (Å²) in [5.74, 6) is 0.326. The molecule has 0 spiro atoms. The van der Waals surface area contributed by atoms with Gasteiger partial charge in [-0.05, 0) is 11.6 Å². The second kappa shape index (κ2) is 5.02. The average Bonchev–Trinajstić information content (AvgIpc) is 2.15. The summed E-state index contributed by atoms with van der Waals surface area (Å²) in [6, 6.07) is 7.15. The Bertz CT molecular complexity index is 266. The summed E-state index contributed by atoms with van der Waals surface area (Å²) in [6.07, 6.45) is -2.34. The molecular formula is C9H10ClF2N. The smallest absolute Gasteiger partial charge is 0.255 e. The normalized spacial score (nSPS) is 10.5. The molecule has 0 bridgehead atoms. The van der Waals surface area contributed by atoms with Crippen LogP contribution in [0.5, 0.6) is 0 Å². The van der Waals surface area contributed by atoms with Crippen LogP contribution in [0, 0.1) is 0 Å². The van der Waals surface area contributed by atoms with Crippen LogP contribution in [0.1, 0.15) is 5.56 Å². The van der Waals surface area contributed by atoms with Crippen LogP contribution in [-0.2, 0) is 5.88 Å². The van der Waals surface area contributed by atoms with Crippen LogP contribution >= 0.6 is 11.6 Å². The summed E-state index contributed by atoms with van der Waals surface area (Å²) in [5, 5.41) is 2.63. The van der Waals surface area contributed by atoms with E-state index < -0.39 is 6.43 Å². The summed E-state index contributed by atoms with van der Waals surface area (Å²) in [4.78, 5) is 0. The molecule has 1 rings (SSSR count). The Morgan fingerprint density at radius 1 is 1.31 bits per heavy atom. The fraction of sp³-hybridized carbons (Fsp3) is 0.333. The standard InChI is InChI=1S/C9H10ClF2N/c10-5-7-3-1-2-4-8(7)13-6-9(11)12/h1-4,9,13H,5-6H2. The van der Waals surface area contributed by atoms with E-state index in [2.05, 4.69) is 5.32 Å². The van der Waals surface area contributed by atoms with Gasteiger partial charge >= 0.3 is 0 Å². The third kappa shape index (κ3) is 3.19. The summed E-state index contributed by atoms with van der Waals surface area (Å²) < 4.78 is 23.7. The molecule has 0 amide bonds. The van der Waals surface area contributed by atoms with Crippen molar-refractivity contribution in [3.63, 3.8) is 0 Å². The van der Waals surface area contributed by atoms with Crippen molar-refractivity contribution in [2.45, 2.75) is 12.3 Å². The van der Waals surface area contributed by atoms with E-state index in [1.807, 2.05) is 6.07 Å². The SMILES string of the molecule is FC(F)CNc1ccccc1CCl. The van der Waals surface area contributed by atoms with E-state index in [0.29, 0.717) is 11.6 Å². The molecule has 13 heavy (non-hydrogen) atoms. The Kier molecular flexibility index (Phi) is 3.96. The first-order valence-corrected chi connectivity index (χ1v) is 4.43. The molecule has 0 saturated carbocycles. The zero-order chi connectivity index (χ0) is 9.68. The van der Waals surface area contributed by atoms with Gasteiger partial charge in [-0.15, -0.1) is 11.6 Å². The van der Waals surface area contributed by atoms with Crippen LogP contribution in [-0.4, -0.2) is 13.0 Å². The van der Waals surface area contributed by atoms with Crippen molar-refractivity contribution in [1.82, 2.24) is 0 Å². The molecule has 72 valence electrons. The van der Waals surface area contributed by atoms with Gasteiger partial charge in [0.25, 0.3) is 6.43 Å². The predicted octanol–water partition coefficient (Wildman–Crippen LogP) is 3.10. The molecule has 0 aliphatic heterocycles. The van der Waals surface area contributed by atoms with Gasteiger partial charge in [-0.2, -0.15) is 0 Å². The highest BCUT2D eigenvalue weighted by Gasteiger charge is 2.03. The Balaban J connectivity index is 2.64. The molecule has 0 fully saturated rings. The molecule has 0 heterocycles. The molecule has 0 atom stereocenters. The first-order valence-electron chi connectivity index (χ1n) is 3.90. The number of halogens is 3. The molecule has 1 aromatic carbocycles. The fourth-order valence-electron chi connectivity index (χ4n) is 0.996. The maximum absolute atomic E-state index is 11.9. The van der Waals surface area contributed by atoms with Crippen LogP contribution in [0.15, 0.2) is 24.3 Å². The Morgan fingerprint density at radius 3 is 2.62 bits per heavy atom. The lowest BCUT2D eigenvalue weighted by atomic mass is 10.2. The molecule has 0 unspecified atom stereocenters. The average molecular weight is 206 g/mol. The number of benzene rings is 1. The topological polar surface area (TPSA) is 12.0 Å². The van der Waals surface area contributed by atoms with Gasteiger partial charge in [-0.25, -0.2) is 8.78 Å². The van der Waals surface area contributed by atoms with E-state index >= 15 is 0 Å². The Labute approximate surface area is 80.7 Å². The first-order chi connectivity index (χ1) is 6.24. The molecule has 1 N–H and O–H groups in total. The van der Waals surface area contributed by atoms with Gasteiger partial charge < -0.3 is 5.32 Å². The maximum Gasteiger partial charge on any atom is 0.255 e. The molecule has 4 heteroatoms. The lowest BCUT2D eigenvalue weighted by molar-refractivity contribution is 0.163. The van der Waals surface area contributed by atoms with E-state index in [0.717, 1.165) is 5.56 Å². The molecule has 0 aliphatic carbocycles. The molecule has 1 aromatic rings. The number of hydrogen-bond acceptors (Lipinski definition) is 1. The number of hydrogen-bond donors (Lipinski definition) is 1. The molecule has 0 aliphatic rings. The first kappa shape index (κ1) is 10.3. The van der Waals surface area contributed by atoms with Gasteiger partial charge in [0.1, 0.15) is 0 Å². The summed E-state index contributed by atoms with van der Waals surface area (Å²) >= 11 is 5.62. The van der Waals surface area contributed by atoms with Crippen molar-refractivity contribution in [3.8, 4) is 0 Å². The van der Waals surface area contributed by atoms with E-state index in [-0.39, 0.29) is 6.54 Å². The third-order valence-electron chi connectivity index (χ3n) is 1.61. The van der Waals surface area contributed by atoms with Gasteiger partial charge in [0.15, 0.2) is 0 Å². The second-order valence-electron chi connectivity index (χ2n) is 2.56. The minimum absolute atomic E-state index is 0.326. The Hall–Kier alpha value is -0.830. The quantitative estimate of drug-likeness (QED) is 0.745. The molecule has 1 nitrogen and oxygen atoms in total. The van der Waals surface area contributed by atoms with Crippen molar-refractivity contribution >= 4 is 17.3 Å². The van der Waals surface area contributed by atoms with E-state index in [1.165, 1.54) is 0 Å². The number of nitrogens with one attached hydrogen (secondary N) is 1. The minimum atomic E-state index is -2.34. The van der Waals surface area contributed by atoms with Gasteiger partial charge in [-0.1, -0.05) is 18.2 Å². The highest BCUT2D eigenvalue weighted by molar-refractivity contribution is 6.17. The molecular weight excluding hydrogens is 196 g/mol. The number of rotatable bonds is 4. The summed E-state index contributed by atoms with van der Waals surface area (Å²) in [5.41, 5.74) is 1.52. The maximum atomic E-state index is 11.9. The van der Waals surface area contributed by atoms with Crippen molar-refractivity contribution in [2.75, 3.05) is 11.9 Å². The zero-order valence-corrected chi connectivity index (χ0v) is 7.69. The molecule has 0 radical (unpaired) electrons. The van der Waals surface area contributed by atoms with Crippen LogP contribution < -0.4 is 5.32 Å². The van der Waals surface area contributed by atoms with E-state index in [1.54, 1.807) is 18.2 Å². The van der Waals surface area contributed by atoms with Gasteiger partial charge in [0.05, 0.1) is 6.54 Å². The van der Waals surface area contributed by atoms with Gasteiger partial charge in [0.2, 0.25) is 0 Å². The predicted molar refractivity (Wildman–Crippen MR) is 50.5 cm³/mol. The summed E-state index contributed by atoms with van der Waals surface area (Å²) in [6.45, 7) is -0.339.